The Kier molecular flexibility index (Phi) is 6.03. The lowest BCUT2D eigenvalue weighted by molar-refractivity contribution is 0.102. The Balaban J connectivity index is 1.29. The lowest BCUT2D eigenvalue weighted by Crippen LogP contribution is -2.13. The lowest BCUT2D eigenvalue weighted by Gasteiger charge is -2.10. The number of nitrogens with one attached hydrogen (secondary N) is 1. The number of aryl methyl sites for hydroxylation is 3. The Labute approximate surface area is 208 Å². The zero-order valence-electron chi connectivity index (χ0n) is 20.4. The highest BCUT2D eigenvalue weighted by atomic mass is 16.5. The summed E-state index contributed by atoms with van der Waals surface area (Å²) >= 11 is 0. The van der Waals surface area contributed by atoms with Crippen molar-refractivity contribution in [2.75, 3.05) is 5.32 Å². The van der Waals surface area contributed by atoms with Crippen molar-refractivity contribution in [3.8, 4) is 23.1 Å². The van der Waals surface area contributed by atoms with E-state index in [4.69, 9.17) is 4.74 Å². The number of ether oxygens (including phenoxy) is 1. The molecule has 0 unspecified atom stereocenters. The fraction of sp³-hybridized carbons (Fsp3) is 0.148. The minimum Gasteiger partial charge on any atom is -0.439 e. The first-order chi connectivity index (χ1) is 17.4. The maximum Gasteiger partial charge on any atom is 0.259 e. The van der Waals surface area contributed by atoms with Crippen LogP contribution < -0.4 is 10.1 Å². The number of nitrogens with zero attached hydrogens (tertiary/aromatic N) is 6. The minimum atomic E-state index is -0.232. The van der Waals surface area contributed by atoms with Crippen molar-refractivity contribution in [1.82, 2.24) is 29.5 Å². The molecule has 0 aliphatic rings. The van der Waals surface area contributed by atoms with Crippen LogP contribution in [-0.2, 0) is 0 Å². The smallest absolute Gasteiger partial charge is 0.259 e. The van der Waals surface area contributed by atoms with Gasteiger partial charge in [0, 0.05) is 17.4 Å². The molecule has 9 heteroatoms. The molecule has 9 nitrogen and oxygen atoms in total. The van der Waals surface area contributed by atoms with Gasteiger partial charge in [-0.05, 0) is 70.2 Å². The maximum atomic E-state index is 12.9. The Morgan fingerprint density at radius 3 is 2.33 bits per heavy atom. The molecule has 0 saturated carbocycles. The molecule has 3 heterocycles. The van der Waals surface area contributed by atoms with Gasteiger partial charge in [-0.1, -0.05) is 18.2 Å². The van der Waals surface area contributed by atoms with Crippen LogP contribution in [0.2, 0.25) is 0 Å². The molecule has 0 aliphatic carbocycles. The second-order valence-corrected chi connectivity index (χ2v) is 8.42. The summed E-state index contributed by atoms with van der Waals surface area (Å²) in [4.78, 5) is 21.7. The minimum absolute atomic E-state index is 0.232. The molecule has 1 N–H and O–H groups in total. The van der Waals surface area contributed by atoms with E-state index in [2.05, 4.69) is 25.5 Å². The van der Waals surface area contributed by atoms with Crippen LogP contribution in [-0.4, -0.2) is 35.4 Å². The first-order valence-electron chi connectivity index (χ1n) is 11.5. The predicted octanol–water partition coefficient (Wildman–Crippen LogP) is 5.13. The summed E-state index contributed by atoms with van der Waals surface area (Å²) in [5, 5.41) is 11.8. The van der Waals surface area contributed by atoms with E-state index in [0.717, 1.165) is 22.8 Å². The molecule has 0 atom stereocenters. The third-order valence-electron chi connectivity index (χ3n) is 5.62. The summed E-state index contributed by atoms with van der Waals surface area (Å²) in [5.41, 5.74) is 4.69. The number of hydrogen-bond acceptors (Lipinski definition) is 6. The van der Waals surface area contributed by atoms with Crippen molar-refractivity contribution in [2.45, 2.75) is 27.7 Å². The molecule has 0 bridgehead atoms. The zero-order chi connectivity index (χ0) is 25.2. The van der Waals surface area contributed by atoms with Gasteiger partial charge in [0.2, 0.25) is 5.88 Å². The summed E-state index contributed by atoms with van der Waals surface area (Å²) in [7, 11) is 0. The number of benzene rings is 2. The Morgan fingerprint density at radius 2 is 1.64 bits per heavy atom. The zero-order valence-corrected chi connectivity index (χ0v) is 20.4. The van der Waals surface area contributed by atoms with Crippen LogP contribution in [0.5, 0.6) is 11.6 Å². The number of anilines is 1. The second kappa shape index (κ2) is 9.46. The quantitative estimate of drug-likeness (QED) is 0.363. The highest BCUT2D eigenvalue weighted by molar-refractivity contribution is 6.05. The molecule has 0 spiro atoms. The molecule has 3 aromatic heterocycles. The van der Waals surface area contributed by atoms with E-state index in [1.807, 2.05) is 64.1 Å². The maximum absolute atomic E-state index is 12.9. The van der Waals surface area contributed by atoms with Gasteiger partial charge in [-0.25, -0.2) is 14.3 Å². The SMILES string of the molecule is Cc1cc(C)n(-c2cc(Oc3ccc(NC(=O)c4cnn(-c5ccccc5)c4C)cc3)nc(C)n2)n1. The number of carbonyl (C=O) groups excluding carboxylic acids is 1. The lowest BCUT2D eigenvalue weighted by atomic mass is 10.2. The monoisotopic (exact) mass is 479 g/mol. The van der Waals surface area contributed by atoms with Crippen LogP contribution in [0.1, 0.15) is 33.3 Å². The summed E-state index contributed by atoms with van der Waals surface area (Å²) < 4.78 is 9.47. The Morgan fingerprint density at radius 1 is 0.889 bits per heavy atom. The van der Waals surface area contributed by atoms with Crippen molar-refractivity contribution >= 4 is 11.6 Å². The van der Waals surface area contributed by atoms with Crippen molar-refractivity contribution in [3.05, 3.63) is 101 Å². The molecule has 2 aromatic carbocycles. The fourth-order valence-corrected chi connectivity index (χ4v) is 3.93. The van der Waals surface area contributed by atoms with E-state index in [-0.39, 0.29) is 5.91 Å². The summed E-state index contributed by atoms with van der Waals surface area (Å²) in [6, 6.07) is 20.5. The molecule has 0 fully saturated rings. The molecule has 180 valence electrons. The third-order valence-corrected chi connectivity index (χ3v) is 5.62. The van der Waals surface area contributed by atoms with Crippen molar-refractivity contribution < 1.29 is 9.53 Å². The van der Waals surface area contributed by atoms with E-state index >= 15 is 0 Å². The van der Waals surface area contributed by atoms with Crippen LogP contribution in [0.3, 0.4) is 0 Å². The fourth-order valence-electron chi connectivity index (χ4n) is 3.93. The highest BCUT2D eigenvalue weighted by Gasteiger charge is 2.16. The van der Waals surface area contributed by atoms with Gasteiger partial charge in [0.1, 0.15) is 11.6 Å². The number of para-hydroxylation sites is 1. The second-order valence-electron chi connectivity index (χ2n) is 8.42. The Hall–Kier alpha value is -4.79. The van der Waals surface area contributed by atoms with Crippen molar-refractivity contribution in [1.29, 1.82) is 0 Å². The van der Waals surface area contributed by atoms with Crippen molar-refractivity contribution in [2.24, 2.45) is 0 Å². The molecule has 0 saturated heterocycles. The van der Waals surface area contributed by atoms with Crippen LogP contribution in [0.15, 0.2) is 72.9 Å². The van der Waals surface area contributed by atoms with E-state index in [1.165, 1.54) is 0 Å². The van der Waals surface area contributed by atoms with E-state index in [0.29, 0.717) is 34.5 Å². The van der Waals surface area contributed by atoms with Gasteiger partial charge in [0.25, 0.3) is 5.91 Å². The number of carbonyl (C=O) groups is 1. The van der Waals surface area contributed by atoms with Crippen LogP contribution in [0, 0.1) is 27.7 Å². The normalized spacial score (nSPS) is 10.9. The highest BCUT2D eigenvalue weighted by Crippen LogP contribution is 2.24. The largest absolute Gasteiger partial charge is 0.439 e. The van der Waals surface area contributed by atoms with Gasteiger partial charge in [-0.15, -0.1) is 0 Å². The molecular formula is C27H25N7O2. The standard InChI is InChI=1S/C27H25N7O2/c1-17-14-18(2)33(32-17)25-15-26(30-20(4)29-25)36-23-12-10-21(11-13-23)31-27(35)24-16-28-34(19(24)3)22-8-6-5-7-9-22/h5-16H,1-4H3,(H,31,35). The average molecular weight is 480 g/mol. The van der Waals surface area contributed by atoms with Gasteiger partial charge in [-0.3, -0.25) is 4.79 Å². The summed E-state index contributed by atoms with van der Waals surface area (Å²) in [5.74, 6) is 1.97. The van der Waals surface area contributed by atoms with E-state index in [1.54, 1.807) is 45.9 Å². The molecule has 1 amide bonds. The number of aromatic nitrogens is 6. The van der Waals surface area contributed by atoms with E-state index < -0.39 is 0 Å². The van der Waals surface area contributed by atoms with Crippen LogP contribution in [0.25, 0.3) is 11.5 Å². The average Bonchev–Trinajstić information content (AvgIpc) is 3.41. The summed E-state index contributed by atoms with van der Waals surface area (Å²) in [6.07, 6.45) is 1.58. The van der Waals surface area contributed by atoms with E-state index in [9.17, 15) is 4.79 Å². The third kappa shape index (κ3) is 4.72. The molecule has 0 aliphatic heterocycles. The predicted molar refractivity (Wildman–Crippen MR) is 136 cm³/mol. The van der Waals surface area contributed by atoms with Gasteiger partial charge in [0.05, 0.1) is 28.8 Å². The van der Waals surface area contributed by atoms with Gasteiger partial charge >= 0.3 is 0 Å². The van der Waals surface area contributed by atoms with Crippen molar-refractivity contribution in [3.63, 3.8) is 0 Å². The van der Waals surface area contributed by atoms with Crippen LogP contribution in [0.4, 0.5) is 5.69 Å². The first kappa shape index (κ1) is 23.0. The Bertz CT molecular complexity index is 1540. The van der Waals surface area contributed by atoms with Gasteiger partial charge < -0.3 is 10.1 Å². The van der Waals surface area contributed by atoms with Gasteiger partial charge in [0.15, 0.2) is 5.82 Å². The molecule has 0 radical (unpaired) electrons. The summed E-state index contributed by atoms with van der Waals surface area (Å²) in [6.45, 7) is 7.59. The number of hydrogen-bond donors (Lipinski definition) is 1. The topological polar surface area (TPSA) is 99.8 Å². The van der Waals surface area contributed by atoms with Gasteiger partial charge in [-0.2, -0.15) is 15.2 Å². The number of amides is 1. The molecule has 36 heavy (non-hydrogen) atoms. The number of rotatable bonds is 6. The first-order valence-corrected chi connectivity index (χ1v) is 11.5. The molecule has 5 aromatic rings. The molecular weight excluding hydrogens is 454 g/mol. The van der Waals surface area contributed by atoms with Crippen LogP contribution >= 0.6 is 0 Å². The molecule has 5 rings (SSSR count).